The number of aryl methyl sites for hydroxylation is 2. The number of likely N-dealkylation sites (N-methyl/N-ethyl adjacent to an activating group) is 1. The third kappa shape index (κ3) is 2.33. The third-order valence-corrected chi connectivity index (χ3v) is 4.17. The van der Waals surface area contributed by atoms with E-state index in [9.17, 15) is 0 Å². The number of anilines is 1. The van der Waals surface area contributed by atoms with Gasteiger partial charge in [0, 0.05) is 32.2 Å². The Labute approximate surface area is 119 Å². The molecule has 0 spiro atoms. The fourth-order valence-corrected chi connectivity index (χ4v) is 2.78. The van der Waals surface area contributed by atoms with Crippen LogP contribution in [0.4, 0.5) is 5.82 Å². The monoisotopic (exact) mass is 280 g/mol. The maximum atomic E-state index is 8.99. The number of nitrogens with zero attached hydrogens (tertiary/aromatic N) is 5. The molecule has 0 amide bonds. The van der Waals surface area contributed by atoms with E-state index >= 15 is 0 Å². The molecule has 1 fully saturated rings. The molecule has 1 aromatic rings. The van der Waals surface area contributed by atoms with Crippen LogP contribution in [0.3, 0.4) is 0 Å². The summed E-state index contributed by atoms with van der Waals surface area (Å²) in [7, 11) is 4.03. The molecule has 1 aromatic heterocycles. The first-order chi connectivity index (χ1) is 9.27. The van der Waals surface area contributed by atoms with Crippen molar-refractivity contribution in [1.82, 2.24) is 14.7 Å². The number of rotatable bonds is 2. The molecule has 7 heteroatoms. The Bertz CT molecular complexity index is 533. The minimum absolute atomic E-state index is 0.0683. The van der Waals surface area contributed by atoms with Crippen molar-refractivity contribution in [1.29, 1.82) is 0 Å². The molecule has 1 aliphatic rings. The Morgan fingerprint density at radius 2 is 2.00 bits per heavy atom. The first-order valence-corrected chi connectivity index (χ1v) is 6.75. The summed E-state index contributed by atoms with van der Waals surface area (Å²) in [6.45, 7) is 9.03. The normalized spacial score (nSPS) is 20.4. The van der Waals surface area contributed by atoms with Crippen molar-refractivity contribution in [3.05, 3.63) is 11.3 Å². The second-order valence-corrected chi connectivity index (χ2v) is 6.05. The van der Waals surface area contributed by atoms with Crippen molar-refractivity contribution in [2.45, 2.75) is 26.3 Å². The van der Waals surface area contributed by atoms with E-state index in [1.54, 1.807) is 0 Å². The third-order valence-electron chi connectivity index (χ3n) is 4.17. The summed E-state index contributed by atoms with van der Waals surface area (Å²) in [4.78, 5) is 4.60. The zero-order valence-electron chi connectivity index (χ0n) is 12.9. The summed E-state index contributed by atoms with van der Waals surface area (Å²) in [5.41, 5.74) is 7.38. The summed E-state index contributed by atoms with van der Waals surface area (Å²) in [5.74, 6) is 1.03. The average molecular weight is 280 g/mol. The van der Waals surface area contributed by atoms with Gasteiger partial charge in [-0.05, 0) is 27.8 Å². The largest absolute Gasteiger partial charge is 0.409 e. The molecule has 7 nitrogen and oxygen atoms in total. The van der Waals surface area contributed by atoms with Crippen LogP contribution in [0.15, 0.2) is 5.16 Å². The molecule has 20 heavy (non-hydrogen) atoms. The Morgan fingerprint density at radius 1 is 1.35 bits per heavy atom. The van der Waals surface area contributed by atoms with Gasteiger partial charge in [-0.2, -0.15) is 5.10 Å². The van der Waals surface area contributed by atoms with Gasteiger partial charge in [-0.1, -0.05) is 5.16 Å². The van der Waals surface area contributed by atoms with Crippen molar-refractivity contribution in [3.63, 3.8) is 0 Å². The molecule has 0 unspecified atom stereocenters. The SMILES string of the molecule is Cc1nn(C)c(N2CCN(C)C(C)(C)C2)c1C(N)=NO. The Kier molecular flexibility index (Phi) is 3.64. The fraction of sp³-hybridized carbons (Fsp3) is 0.692. The summed E-state index contributed by atoms with van der Waals surface area (Å²) in [5, 5.41) is 16.5. The lowest BCUT2D eigenvalue weighted by molar-refractivity contribution is 0.138. The smallest absolute Gasteiger partial charge is 0.175 e. The predicted octanol–water partition coefficient (Wildman–Crippen LogP) is 0.353. The molecule has 1 aliphatic heterocycles. The van der Waals surface area contributed by atoms with E-state index in [-0.39, 0.29) is 11.4 Å². The van der Waals surface area contributed by atoms with Crippen LogP contribution < -0.4 is 10.6 Å². The minimum Gasteiger partial charge on any atom is -0.409 e. The number of nitrogens with two attached hydrogens (primary N) is 1. The molecule has 0 radical (unpaired) electrons. The van der Waals surface area contributed by atoms with Crippen LogP contribution in [0.1, 0.15) is 25.1 Å². The summed E-state index contributed by atoms with van der Waals surface area (Å²) < 4.78 is 1.81. The highest BCUT2D eigenvalue weighted by Gasteiger charge is 2.34. The van der Waals surface area contributed by atoms with Crippen LogP contribution in [0.5, 0.6) is 0 Å². The number of hydrogen-bond acceptors (Lipinski definition) is 5. The average Bonchev–Trinajstić information content (AvgIpc) is 2.66. The molecule has 0 atom stereocenters. The lowest BCUT2D eigenvalue weighted by atomic mass is 9.99. The molecule has 3 N–H and O–H groups in total. The molecule has 2 rings (SSSR count). The number of amidine groups is 1. The Balaban J connectivity index is 2.43. The lowest BCUT2D eigenvalue weighted by Gasteiger charge is -2.46. The highest BCUT2D eigenvalue weighted by molar-refractivity contribution is 6.02. The number of piperazine rings is 1. The molecular weight excluding hydrogens is 256 g/mol. The molecule has 0 aromatic carbocycles. The number of oxime groups is 1. The zero-order chi connectivity index (χ0) is 15.1. The molecule has 1 saturated heterocycles. The molecule has 0 bridgehead atoms. The highest BCUT2D eigenvalue weighted by Crippen LogP contribution is 2.28. The van der Waals surface area contributed by atoms with E-state index in [2.05, 4.69) is 40.9 Å². The van der Waals surface area contributed by atoms with E-state index in [0.717, 1.165) is 36.7 Å². The summed E-state index contributed by atoms with van der Waals surface area (Å²) in [6, 6.07) is 0. The van der Waals surface area contributed by atoms with Crippen molar-refractivity contribution in [2.75, 3.05) is 31.6 Å². The zero-order valence-corrected chi connectivity index (χ0v) is 12.9. The predicted molar refractivity (Wildman–Crippen MR) is 79.4 cm³/mol. The molecule has 0 saturated carbocycles. The maximum Gasteiger partial charge on any atom is 0.175 e. The van der Waals surface area contributed by atoms with Crippen LogP contribution >= 0.6 is 0 Å². The lowest BCUT2D eigenvalue weighted by Crippen LogP contribution is -2.58. The van der Waals surface area contributed by atoms with Gasteiger partial charge in [0.05, 0.1) is 11.3 Å². The van der Waals surface area contributed by atoms with Crippen LogP contribution in [0.2, 0.25) is 0 Å². The van der Waals surface area contributed by atoms with Gasteiger partial charge in [0.15, 0.2) is 5.84 Å². The van der Waals surface area contributed by atoms with E-state index in [4.69, 9.17) is 10.9 Å². The fourth-order valence-electron chi connectivity index (χ4n) is 2.78. The van der Waals surface area contributed by atoms with Gasteiger partial charge in [-0.25, -0.2) is 0 Å². The Hall–Kier alpha value is -1.76. The quantitative estimate of drug-likeness (QED) is 0.353. The van der Waals surface area contributed by atoms with Crippen molar-refractivity contribution in [3.8, 4) is 0 Å². The minimum atomic E-state index is 0.0683. The van der Waals surface area contributed by atoms with Crippen LogP contribution in [0.25, 0.3) is 0 Å². The van der Waals surface area contributed by atoms with Gasteiger partial charge in [0.25, 0.3) is 0 Å². The standard InChI is InChI=1S/C13H24N6O/c1-9-10(11(14)16-20)12(18(5)15-9)19-7-6-17(4)13(2,3)8-19/h20H,6-8H2,1-5H3,(H2,14,16). The van der Waals surface area contributed by atoms with Gasteiger partial charge in [0.2, 0.25) is 0 Å². The summed E-state index contributed by atoms with van der Waals surface area (Å²) >= 11 is 0. The van der Waals surface area contributed by atoms with E-state index in [1.165, 1.54) is 0 Å². The van der Waals surface area contributed by atoms with E-state index < -0.39 is 0 Å². The Morgan fingerprint density at radius 3 is 2.55 bits per heavy atom. The van der Waals surface area contributed by atoms with Crippen LogP contribution in [-0.4, -0.2) is 57.9 Å². The topological polar surface area (TPSA) is 82.9 Å². The first-order valence-electron chi connectivity index (χ1n) is 6.75. The second-order valence-electron chi connectivity index (χ2n) is 6.05. The first kappa shape index (κ1) is 14.6. The molecule has 112 valence electrons. The van der Waals surface area contributed by atoms with Gasteiger partial charge >= 0.3 is 0 Å². The van der Waals surface area contributed by atoms with Crippen LogP contribution in [0, 0.1) is 6.92 Å². The number of aromatic nitrogens is 2. The van der Waals surface area contributed by atoms with Crippen molar-refractivity contribution in [2.24, 2.45) is 17.9 Å². The summed E-state index contributed by atoms with van der Waals surface area (Å²) in [6.07, 6.45) is 0. The molecular formula is C13H24N6O. The number of hydrogen-bond donors (Lipinski definition) is 2. The van der Waals surface area contributed by atoms with Crippen molar-refractivity contribution < 1.29 is 5.21 Å². The van der Waals surface area contributed by atoms with Gasteiger partial charge < -0.3 is 15.8 Å². The van der Waals surface area contributed by atoms with E-state index in [0.29, 0.717) is 0 Å². The van der Waals surface area contributed by atoms with E-state index in [1.807, 2.05) is 18.7 Å². The van der Waals surface area contributed by atoms with Crippen molar-refractivity contribution >= 4 is 11.7 Å². The molecule has 0 aliphatic carbocycles. The highest BCUT2D eigenvalue weighted by atomic mass is 16.4. The molecule has 2 heterocycles. The maximum absolute atomic E-state index is 8.99. The van der Waals surface area contributed by atoms with Crippen LogP contribution in [-0.2, 0) is 7.05 Å². The van der Waals surface area contributed by atoms with Gasteiger partial charge in [-0.15, -0.1) is 0 Å². The van der Waals surface area contributed by atoms with Gasteiger partial charge in [-0.3, -0.25) is 9.58 Å². The van der Waals surface area contributed by atoms with Gasteiger partial charge in [0.1, 0.15) is 5.82 Å². The second kappa shape index (κ2) is 4.97.